The number of carbonyl (C=O) groups excluding carboxylic acids is 2. The molecular weight excluding hydrogens is 443 g/mol. The normalized spacial score (nSPS) is 15.6. The summed E-state index contributed by atoms with van der Waals surface area (Å²) in [5, 5.41) is 13.8. The summed E-state index contributed by atoms with van der Waals surface area (Å²) >= 11 is 0. The quantitative estimate of drug-likeness (QED) is 0.360. The zero-order valence-electron chi connectivity index (χ0n) is 17.6. The number of fused-ring (bicyclic) bond motifs is 1. The van der Waals surface area contributed by atoms with E-state index in [9.17, 15) is 24.1 Å². The van der Waals surface area contributed by atoms with E-state index < -0.39 is 22.3 Å². The molecule has 0 saturated carbocycles. The first-order valence-corrected chi connectivity index (χ1v) is 10.3. The Morgan fingerprint density at radius 2 is 2.00 bits per heavy atom. The van der Waals surface area contributed by atoms with E-state index in [0.29, 0.717) is 11.5 Å². The molecule has 170 valence electrons. The molecule has 1 N–H and O–H groups in total. The van der Waals surface area contributed by atoms with E-state index >= 15 is 0 Å². The van der Waals surface area contributed by atoms with Gasteiger partial charge in [-0.05, 0) is 30.3 Å². The maximum atomic E-state index is 13.6. The SMILES string of the molecule is O=C(Nc1ccc(-c2cn3cccnc3n2)cc1)C1CC(=O)N(c2ccc(F)c([N+](=O)[O-])c2)C1. The van der Waals surface area contributed by atoms with E-state index in [1.807, 2.05) is 35.0 Å². The average molecular weight is 460 g/mol. The molecular formula is C23H17FN6O4. The summed E-state index contributed by atoms with van der Waals surface area (Å²) < 4.78 is 15.4. The Bertz CT molecular complexity index is 1400. The van der Waals surface area contributed by atoms with Crippen molar-refractivity contribution in [2.75, 3.05) is 16.8 Å². The van der Waals surface area contributed by atoms with Gasteiger partial charge in [0, 0.05) is 48.9 Å². The molecule has 2 aromatic carbocycles. The first-order valence-electron chi connectivity index (χ1n) is 10.3. The number of hydrogen-bond acceptors (Lipinski definition) is 6. The monoisotopic (exact) mass is 460 g/mol. The van der Waals surface area contributed by atoms with Crippen LogP contribution in [0.2, 0.25) is 0 Å². The number of rotatable bonds is 5. The predicted molar refractivity (Wildman–Crippen MR) is 121 cm³/mol. The van der Waals surface area contributed by atoms with Crippen molar-refractivity contribution in [1.29, 1.82) is 0 Å². The van der Waals surface area contributed by atoms with Crippen LogP contribution < -0.4 is 10.2 Å². The summed E-state index contributed by atoms with van der Waals surface area (Å²) in [7, 11) is 0. The van der Waals surface area contributed by atoms with Gasteiger partial charge in [0.05, 0.1) is 22.2 Å². The standard InChI is InChI=1S/C23H17FN6O4/c24-18-7-6-17(11-20(18)30(33)34)29-12-15(10-21(29)31)22(32)26-16-4-2-14(3-5-16)19-13-28-9-1-8-25-23(28)27-19/h1-9,11,13,15H,10,12H2,(H,26,32). The van der Waals surface area contributed by atoms with Crippen molar-refractivity contribution >= 4 is 34.7 Å². The molecule has 0 radical (unpaired) electrons. The third kappa shape index (κ3) is 3.94. The van der Waals surface area contributed by atoms with Gasteiger partial charge >= 0.3 is 5.69 Å². The fourth-order valence-electron chi connectivity index (χ4n) is 3.88. The second-order valence-corrected chi connectivity index (χ2v) is 7.82. The van der Waals surface area contributed by atoms with Crippen LogP contribution in [0, 0.1) is 21.8 Å². The number of hydrogen-bond donors (Lipinski definition) is 1. The van der Waals surface area contributed by atoms with Gasteiger partial charge in [0.1, 0.15) is 0 Å². The third-order valence-electron chi connectivity index (χ3n) is 5.62. The lowest BCUT2D eigenvalue weighted by Gasteiger charge is -2.16. The van der Waals surface area contributed by atoms with Crippen LogP contribution in [0.3, 0.4) is 0 Å². The molecule has 2 amide bonds. The van der Waals surface area contributed by atoms with Gasteiger partial charge in [-0.1, -0.05) is 12.1 Å². The van der Waals surface area contributed by atoms with Gasteiger partial charge in [-0.25, -0.2) is 9.97 Å². The van der Waals surface area contributed by atoms with E-state index in [0.717, 1.165) is 23.4 Å². The molecule has 1 atom stereocenters. The minimum atomic E-state index is -0.988. The number of nitro groups is 1. The Morgan fingerprint density at radius 1 is 1.21 bits per heavy atom. The van der Waals surface area contributed by atoms with E-state index in [1.54, 1.807) is 18.3 Å². The lowest BCUT2D eigenvalue weighted by atomic mass is 10.1. The summed E-state index contributed by atoms with van der Waals surface area (Å²) in [6, 6.07) is 12.2. The highest BCUT2D eigenvalue weighted by Gasteiger charge is 2.36. The molecule has 2 aromatic heterocycles. The molecule has 34 heavy (non-hydrogen) atoms. The molecule has 5 rings (SSSR count). The highest BCUT2D eigenvalue weighted by atomic mass is 19.1. The Kier molecular flexibility index (Phi) is 5.21. The molecule has 1 aliphatic rings. The van der Waals surface area contributed by atoms with Gasteiger partial charge in [0.2, 0.25) is 23.4 Å². The Balaban J connectivity index is 1.27. The fraction of sp³-hybridized carbons (Fsp3) is 0.130. The van der Waals surface area contributed by atoms with Crippen LogP contribution in [-0.4, -0.2) is 37.7 Å². The molecule has 1 unspecified atom stereocenters. The lowest BCUT2D eigenvalue weighted by Crippen LogP contribution is -2.28. The average Bonchev–Trinajstić information content (AvgIpc) is 3.43. The van der Waals surface area contributed by atoms with Crippen molar-refractivity contribution in [2.24, 2.45) is 5.92 Å². The summed E-state index contributed by atoms with van der Waals surface area (Å²) in [4.78, 5) is 45.3. The Labute approximate surface area is 191 Å². The Morgan fingerprint density at radius 3 is 2.74 bits per heavy atom. The van der Waals surface area contributed by atoms with Crippen LogP contribution >= 0.6 is 0 Å². The minimum Gasteiger partial charge on any atom is -0.326 e. The highest BCUT2D eigenvalue weighted by molar-refractivity contribution is 6.03. The molecule has 1 aliphatic heterocycles. The number of carbonyl (C=O) groups is 2. The lowest BCUT2D eigenvalue weighted by molar-refractivity contribution is -0.387. The van der Waals surface area contributed by atoms with Gasteiger partial charge in [0.15, 0.2) is 0 Å². The van der Waals surface area contributed by atoms with Crippen LogP contribution in [0.4, 0.5) is 21.5 Å². The van der Waals surface area contributed by atoms with Gasteiger partial charge in [-0.15, -0.1) is 0 Å². The summed E-state index contributed by atoms with van der Waals surface area (Å²) in [5.74, 6) is -1.77. The smallest absolute Gasteiger partial charge is 0.306 e. The summed E-state index contributed by atoms with van der Waals surface area (Å²) in [5.41, 5.74) is 1.60. The number of amides is 2. The summed E-state index contributed by atoms with van der Waals surface area (Å²) in [6.07, 6.45) is 5.32. The maximum absolute atomic E-state index is 13.6. The summed E-state index contributed by atoms with van der Waals surface area (Å²) in [6.45, 7) is 0.0415. The molecule has 3 heterocycles. The van der Waals surface area contributed by atoms with Gasteiger partial charge < -0.3 is 10.2 Å². The minimum absolute atomic E-state index is 0.0415. The number of benzene rings is 2. The molecule has 0 aliphatic carbocycles. The molecule has 10 nitrogen and oxygen atoms in total. The fourth-order valence-corrected chi connectivity index (χ4v) is 3.88. The third-order valence-corrected chi connectivity index (χ3v) is 5.62. The van der Waals surface area contributed by atoms with Crippen molar-refractivity contribution in [2.45, 2.75) is 6.42 Å². The van der Waals surface area contributed by atoms with Crippen LogP contribution in [0.5, 0.6) is 0 Å². The molecule has 0 bridgehead atoms. The van der Waals surface area contributed by atoms with E-state index in [-0.39, 0.29) is 30.5 Å². The van der Waals surface area contributed by atoms with Gasteiger partial charge in [0.25, 0.3) is 0 Å². The number of nitrogens with zero attached hydrogens (tertiary/aromatic N) is 5. The van der Waals surface area contributed by atoms with Crippen LogP contribution in [0.25, 0.3) is 17.0 Å². The van der Waals surface area contributed by atoms with E-state index in [2.05, 4.69) is 15.3 Å². The van der Waals surface area contributed by atoms with E-state index in [1.165, 1.54) is 11.0 Å². The molecule has 0 spiro atoms. The van der Waals surface area contributed by atoms with Crippen molar-refractivity contribution in [3.8, 4) is 11.3 Å². The van der Waals surface area contributed by atoms with Crippen molar-refractivity contribution in [3.63, 3.8) is 0 Å². The first kappa shape index (κ1) is 21.2. The Hall–Kier alpha value is -4.67. The highest BCUT2D eigenvalue weighted by Crippen LogP contribution is 2.30. The largest absolute Gasteiger partial charge is 0.326 e. The van der Waals surface area contributed by atoms with Crippen LogP contribution in [0.15, 0.2) is 67.1 Å². The van der Waals surface area contributed by atoms with Crippen LogP contribution in [0.1, 0.15) is 6.42 Å². The second-order valence-electron chi connectivity index (χ2n) is 7.82. The first-order chi connectivity index (χ1) is 16.4. The van der Waals surface area contributed by atoms with Gasteiger partial charge in [-0.2, -0.15) is 4.39 Å². The number of aromatic nitrogens is 3. The topological polar surface area (TPSA) is 123 Å². The second kappa shape index (κ2) is 8.35. The number of nitrogens with one attached hydrogen (secondary N) is 1. The predicted octanol–water partition coefficient (Wildman–Crippen LogP) is 3.44. The maximum Gasteiger partial charge on any atom is 0.306 e. The van der Waals surface area contributed by atoms with E-state index in [4.69, 9.17) is 0 Å². The number of halogens is 1. The number of nitro benzene ring substituents is 1. The number of imidazole rings is 1. The molecule has 1 saturated heterocycles. The molecule has 1 fully saturated rings. The van der Waals surface area contributed by atoms with Crippen LogP contribution in [-0.2, 0) is 9.59 Å². The zero-order chi connectivity index (χ0) is 23.8. The molecule has 4 aromatic rings. The molecule has 11 heteroatoms. The zero-order valence-corrected chi connectivity index (χ0v) is 17.6. The van der Waals surface area contributed by atoms with Crippen molar-refractivity contribution in [3.05, 3.63) is 83.1 Å². The number of anilines is 2. The van der Waals surface area contributed by atoms with Crippen molar-refractivity contribution < 1.29 is 18.9 Å². The van der Waals surface area contributed by atoms with Crippen molar-refractivity contribution in [1.82, 2.24) is 14.4 Å². The van der Waals surface area contributed by atoms with Gasteiger partial charge in [-0.3, -0.25) is 24.1 Å².